The summed E-state index contributed by atoms with van der Waals surface area (Å²) in [6.45, 7) is 48.4. The molecule has 0 amide bonds. The minimum atomic E-state index is -1.41. The first-order valence-electron chi connectivity index (χ1n) is 28.0. The Kier molecular flexibility index (Phi) is 21.1. The van der Waals surface area contributed by atoms with Gasteiger partial charge in [-0.15, -0.1) is 74.6 Å². The molecule has 0 unspecified atom stereocenters. The molecule has 0 N–H and O–H groups in total. The van der Waals surface area contributed by atoms with Crippen LogP contribution in [0.15, 0.2) is 127 Å². The zero-order chi connectivity index (χ0) is 56.2. The van der Waals surface area contributed by atoms with Crippen molar-refractivity contribution in [2.45, 2.75) is 159 Å². The minimum Gasteiger partial charge on any atom is -0.184 e. The van der Waals surface area contributed by atoms with E-state index in [1.807, 2.05) is 6.07 Å². The third-order valence-electron chi connectivity index (χ3n) is 14.7. The maximum atomic E-state index is 4.93. The molecule has 1 heterocycles. The number of fused-ring (bicyclic) bond motifs is 5. The van der Waals surface area contributed by atoms with E-state index in [1.165, 1.54) is 87.6 Å². The van der Waals surface area contributed by atoms with E-state index in [4.69, 9.17) is 17.0 Å². The number of hydrogen-bond acceptors (Lipinski definition) is 0. The average Bonchev–Trinajstić information content (AvgIpc) is 4.04. The van der Waals surface area contributed by atoms with E-state index in [1.54, 1.807) is 20.7 Å². The van der Waals surface area contributed by atoms with E-state index in [0.29, 0.717) is 23.7 Å². The Bertz CT molecular complexity index is 2950. The van der Waals surface area contributed by atoms with Crippen molar-refractivity contribution >= 4 is 112 Å². The Morgan fingerprint density at radius 3 is 1.20 bits per heavy atom. The van der Waals surface area contributed by atoms with Gasteiger partial charge in [-0.1, -0.05) is 248 Å². The van der Waals surface area contributed by atoms with Crippen LogP contribution in [-0.4, -0.2) is 41.8 Å². The smallest absolute Gasteiger partial charge is 0.0920 e. The molecule has 0 aliphatic carbocycles. The summed E-state index contributed by atoms with van der Waals surface area (Å²) in [5, 5.41) is 14.9. The summed E-state index contributed by atoms with van der Waals surface area (Å²) >= 11 is -0.826. The summed E-state index contributed by atoms with van der Waals surface area (Å²) in [6.07, 6.45) is 2.31. The van der Waals surface area contributed by atoms with Crippen molar-refractivity contribution in [3.63, 3.8) is 0 Å². The number of hydrogen-bond donors (Lipinski definition) is 0. The van der Waals surface area contributed by atoms with Gasteiger partial charge in [0.05, 0.1) is 41.8 Å². The minimum absolute atomic E-state index is 0.513. The molecule has 0 saturated heterocycles. The molecule has 9 rings (SSSR count). The van der Waals surface area contributed by atoms with Gasteiger partial charge in [-0.25, -0.2) is 0 Å². The molecular formula is C68H89Cl2Si5Zr-3. The predicted octanol–water partition coefficient (Wildman–Crippen LogP) is 17.8. The van der Waals surface area contributed by atoms with Crippen LogP contribution in [0, 0.1) is 17.9 Å². The maximum Gasteiger partial charge on any atom is 0.0920 e. The summed E-state index contributed by atoms with van der Waals surface area (Å²) < 4.78 is 0. The van der Waals surface area contributed by atoms with Gasteiger partial charge in [0, 0.05) is 0 Å². The third kappa shape index (κ3) is 15.7. The van der Waals surface area contributed by atoms with E-state index >= 15 is 0 Å². The molecule has 2 radical (unpaired) electrons. The Morgan fingerprint density at radius 2 is 0.842 bits per heavy atom. The molecule has 0 bridgehead atoms. The van der Waals surface area contributed by atoms with Gasteiger partial charge in [0.2, 0.25) is 0 Å². The van der Waals surface area contributed by atoms with E-state index in [2.05, 4.69) is 261 Å². The summed E-state index contributed by atoms with van der Waals surface area (Å²) in [4.78, 5) is 0. The second-order valence-corrected chi connectivity index (χ2v) is 52.4. The Labute approximate surface area is 487 Å². The van der Waals surface area contributed by atoms with E-state index in [-0.39, 0.29) is 0 Å². The molecule has 0 fully saturated rings. The SMILES string of the molecule is CC(C)Cc1cc2c(-c3cc([Si](C)(C)C)cc([Si](C)(C)C)c3)c(C(C)C)ccc2[cH-]1.CC(C)Cc1cc2c(-c3cc([Si](C)(C)C)cc([Si](C)(C)C)c3)c(C(C)C)ccc2[cH-]1.[Cl][Zr][Cl].[c-]1cccc2c1[Si]c1ccccc1-2. The van der Waals surface area contributed by atoms with Crippen molar-refractivity contribution in [1.29, 1.82) is 0 Å². The van der Waals surface area contributed by atoms with Crippen LogP contribution in [0.5, 0.6) is 0 Å². The van der Waals surface area contributed by atoms with Gasteiger partial charge in [-0.05, 0) is 47.6 Å². The van der Waals surface area contributed by atoms with Gasteiger partial charge in [0.25, 0.3) is 0 Å². The number of halogens is 2. The molecule has 402 valence electrons. The van der Waals surface area contributed by atoms with Crippen LogP contribution >= 0.6 is 17.0 Å². The first-order chi connectivity index (χ1) is 35.4. The molecular weight excluding hydrogens is 1120 g/mol. The summed E-state index contributed by atoms with van der Waals surface area (Å²) in [6, 6.07) is 52.7. The van der Waals surface area contributed by atoms with Gasteiger partial charge < -0.3 is 0 Å². The second kappa shape index (κ2) is 25.7. The summed E-state index contributed by atoms with van der Waals surface area (Å²) in [5.41, 5.74) is 14.6. The molecule has 8 heteroatoms. The van der Waals surface area contributed by atoms with E-state index in [0.717, 1.165) is 22.4 Å². The molecule has 0 spiro atoms. The van der Waals surface area contributed by atoms with Crippen molar-refractivity contribution < 1.29 is 20.8 Å². The molecule has 0 atom stereocenters. The first kappa shape index (κ1) is 62.3. The van der Waals surface area contributed by atoms with Gasteiger partial charge in [0.1, 0.15) is 0 Å². The van der Waals surface area contributed by atoms with Crippen LogP contribution in [-0.2, 0) is 33.7 Å². The van der Waals surface area contributed by atoms with E-state index in [9.17, 15) is 0 Å². The van der Waals surface area contributed by atoms with Crippen LogP contribution in [0.4, 0.5) is 0 Å². The molecule has 1 aliphatic rings. The Morgan fingerprint density at radius 1 is 0.474 bits per heavy atom. The van der Waals surface area contributed by atoms with Gasteiger partial charge in [-0.2, -0.15) is 41.6 Å². The largest absolute Gasteiger partial charge is 0.184 e. The Hall–Kier alpha value is -2.91. The molecule has 0 nitrogen and oxygen atoms in total. The van der Waals surface area contributed by atoms with Crippen molar-refractivity contribution in [1.82, 2.24) is 0 Å². The average molecular weight is 1210 g/mol. The summed E-state index contributed by atoms with van der Waals surface area (Å²) in [5.74, 6) is 2.39. The molecule has 0 aromatic heterocycles. The normalized spacial score (nSPS) is 12.6. The van der Waals surface area contributed by atoms with Crippen molar-refractivity contribution in [2.75, 3.05) is 0 Å². The standard InChI is InChI=1S/2C28H41Si2.C12H7Si.2ClH.Zr/c2*1-19(2)13-21-14-22-11-12-26(20(3)4)28(27(22)15-21)23-16-24(29(5,6)7)18-25(17-23)30(8,9)10;1-3-7-11-9(5-1)10-6-2-4-8-12(10)13-11;;;/h2*11-12,14-20H,13H2,1-10H3;1-7H;2*1H;/q3*-1;;;+2/p-2. The quantitative estimate of drug-likeness (QED) is 0.0845. The molecule has 1 aliphatic heterocycles. The fourth-order valence-corrected chi connectivity index (χ4v) is 16.8. The molecule has 0 saturated carbocycles. The second-order valence-electron chi connectivity index (χ2n) is 27.1. The predicted molar refractivity (Wildman–Crippen MR) is 355 cm³/mol. The summed E-state index contributed by atoms with van der Waals surface area (Å²) in [7, 11) is 5.01. The topological polar surface area (TPSA) is 0 Å². The van der Waals surface area contributed by atoms with Gasteiger partial charge >= 0.3 is 37.9 Å². The van der Waals surface area contributed by atoms with Gasteiger partial charge in [0.15, 0.2) is 0 Å². The van der Waals surface area contributed by atoms with Gasteiger partial charge in [-0.3, -0.25) is 0 Å². The van der Waals surface area contributed by atoms with Crippen molar-refractivity contribution in [3.05, 3.63) is 156 Å². The van der Waals surface area contributed by atoms with Crippen molar-refractivity contribution in [2.24, 2.45) is 11.8 Å². The first-order valence-corrected chi connectivity index (χ1v) is 49.3. The third-order valence-corrected chi connectivity index (χ3v) is 24.2. The number of benzene rings is 6. The van der Waals surface area contributed by atoms with Crippen LogP contribution in [0.3, 0.4) is 0 Å². The van der Waals surface area contributed by atoms with Crippen LogP contribution in [0.2, 0.25) is 78.6 Å². The van der Waals surface area contributed by atoms with Crippen LogP contribution < -0.4 is 31.1 Å². The van der Waals surface area contributed by atoms with E-state index < -0.39 is 53.1 Å². The molecule has 76 heavy (non-hydrogen) atoms. The molecule has 8 aromatic carbocycles. The fourth-order valence-electron chi connectivity index (χ4n) is 10.5. The number of rotatable bonds is 12. The zero-order valence-electron chi connectivity index (χ0n) is 50.1. The molecule has 8 aromatic rings. The fraction of sp³-hybridized carbons (Fsp3) is 0.382. The maximum absolute atomic E-state index is 4.93. The van der Waals surface area contributed by atoms with Crippen LogP contribution in [0.1, 0.15) is 89.5 Å². The van der Waals surface area contributed by atoms with Crippen LogP contribution in [0.25, 0.3) is 54.9 Å². The zero-order valence-corrected chi connectivity index (χ0v) is 59.1. The Balaban J connectivity index is 0.000000192. The van der Waals surface area contributed by atoms with Crippen molar-refractivity contribution in [3.8, 4) is 33.4 Å². The monoisotopic (exact) mass is 1210 g/mol.